The molecule has 0 N–H and O–H groups in total. The monoisotopic (exact) mass is 447 g/mol. The molecule has 2 amide bonds. The average molecular weight is 448 g/mol. The molecule has 0 aromatic heterocycles. The van der Waals surface area contributed by atoms with E-state index in [1.165, 1.54) is 4.90 Å². The first-order valence-electron chi connectivity index (χ1n) is 11.4. The van der Waals surface area contributed by atoms with Gasteiger partial charge in [0.15, 0.2) is 0 Å². The van der Waals surface area contributed by atoms with Crippen LogP contribution in [0.4, 0.5) is 13.6 Å². The fourth-order valence-corrected chi connectivity index (χ4v) is 4.88. The molecule has 3 aliphatic heterocycles. The number of piperazine rings is 1. The molecule has 32 heavy (non-hydrogen) atoms. The summed E-state index contributed by atoms with van der Waals surface area (Å²) >= 11 is 0. The average Bonchev–Trinajstić information content (AvgIpc) is 3.17. The highest BCUT2D eigenvalue weighted by molar-refractivity contribution is 5.89. The predicted molar refractivity (Wildman–Crippen MR) is 116 cm³/mol. The maximum Gasteiger partial charge on any atom is 0.411 e. The van der Waals surface area contributed by atoms with E-state index in [1.807, 2.05) is 46.2 Å². The third kappa shape index (κ3) is 5.11. The molecule has 2 fully saturated rings. The number of carbonyl (C=O) groups is 2. The van der Waals surface area contributed by atoms with Crippen LogP contribution in [-0.4, -0.2) is 70.9 Å². The van der Waals surface area contributed by atoms with Gasteiger partial charge in [-0.2, -0.15) is 0 Å². The summed E-state index contributed by atoms with van der Waals surface area (Å²) in [4.78, 5) is 30.8. The van der Waals surface area contributed by atoms with Gasteiger partial charge in [0, 0.05) is 18.2 Å². The van der Waals surface area contributed by atoms with Crippen molar-refractivity contribution in [2.24, 2.45) is 0 Å². The van der Waals surface area contributed by atoms with Crippen LogP contribution in [0.1, 0.15) is 44.6 Å². The molecule has 0 bridgehead atoms. The first-order valence-corrected chi connectivity index (χ1v) is 11.4. The number of fused-ring (bicyclic) bond motifs is 1. The topological polar surface area (TPSA) is 53.1 Å². The molecule has 174 valence electrons. The molecule has 2 saturated heterocycles. The van der Waals surface area contributed by atoms with Gasteiger partial charge in [0.1, 0.15) is 12.6 Å². The number of halogens is 2. The lowest BCUT2D eigenvalue weighted by atomic mass is 10.0. The zero-order valence-corrected chi connectivity index (χ0v) is 18.5. The van der Waals surface area contributed by atoms with Gasteiger partial charge in [0.2, 0.25) is 5.91 Å². The first-order chi connectivity index (χ1) is 15.3. The Morgan fingerprint density at radius 1 is 1.25 bits per heavy atom. The van der Waals surface area contributed by atoms with Gasteiger partial charge >= 0.3 is 6.09 Å². The number of rotatable bonds is 6. The SMILES string of the molecule is C[C@H]1C(=O)N2C(=CC[C@@H]2CCCN2CCCC(F)(F)C2)CN1C(=O)OCc1ccccc1. The van der Waals surface area contributed by atoms with Crippen LogP contribution >= 0.6 is 0 Å². The predicted octanol–water partition coefficient (Wildman–Crippen LogP) is 4.02. The lowest BCUT2D eigenvalue weighted by Crippen LogP contribution is -2.57. The van der Waals surface area contributed by atoms with Crippen LogP contribution in [-0.2, 0) is 16.1 Å². The Morgan fingerprint density at radius 3 is 2.78 bits per heavy atom. The Morgan fingerprint density at radius 2 is 2.03 bits per heavy atom. The van der Waals surface area contributed by atoms with Gasteiger partial charge in [-0.05, 0) is 51.3 Å². The number of nitrogens with zero attached hydrogens (tertiary/aromatic N) is 3. The molecule has 4 rings (SSSR count). The van der Waals surface area contributed by atoms with Crippen LogP contribution in [0.5, 0.6) is 0 Å². The zero-order valence-electron chi connectivity index (χ0n) is 18.5. The van der Waals surface area contributed by atoms with Crippen molar-refractivity contribution in [2.75, 3.05) is 26.2 Å². The molecule has 0 aliphatic carbocycles. The van der Waals surface area contributed by atoms with E-state index in [0.717, 1.165) is 30.5 Å². The highest BCUT2D eigenvalue weighted by Crippen LogP contribution is 2.32. The van der Waals surface area contributed by atoms with Gasteiger partial charge in [0.25, 0.3) is 5.92 Å². The number of amides is 2. The highest BCUT2D eigenvalue weighted by atomic mass is 19.3. The van der Waals surface area contributed by atoms with Crippen LogP contribution in [0.15, 0.2) is 42.1 Å². The van der Waals surface area contributed by atoms with E-state index < -0.39 is 18.1 Å². The number of likely N-dealkylation sites (tertiary alicyclic amines) is 1. The summed E-state index contributed by atoms with van der Waals surface area (Å²) in [6.45, 7) is 3.41. The maximum absolute atomic E-state index is 13.6. The first kappa shape index (κ1) is 22.7. The molecule has 3 aliphatic rings. The highest BCUT2D eigenvalue weighted by Gasteiger charge is 2.43. The molecule has 6 nitrogen and oxygen atoms in total. The van der Waals surface area contributed by atoms with Gasteiger partial charge in [0.05, 0.1) is 13.1 Å². The summed E-state index contributed by atoms with van der Waals surface area (Å²) in [5, 5.41) is 0. The summed E-state index contributed by atoms with van der Waals surface area (Å²) in [5.74, 6) is -2.69. The smallest absolute Gasteiger partial charge is 0.411 e. The number of piperidine rings is 1. The fourth-order valence-electron chi connectivity index (χ4n) is 4.88. The molecule has 1 aromatic rings. The van der Waals surface area contributed by atoms with Crippen molar-refractivity contribution in [3.8, 4) is 0 Å². The van der Waals surface area contributed by atoms with Crippen LogP contribution in [0, 0.1) is 0 Å². The van der Waals surface area contributed by atoms with Crippen LogP contribution in [0.2, 0.25) is 0 Å². The van der Waals surface area contributed by atoms with Gasteiger partial charge in [-0.1, -0.05) is 36.4 Å². The molecule has 0 saturated carbocycles. The summed E-state index contributed by atoms with van der Waals surface area (Å²) < 4.78 is 32.6. The van der Waals surface area contributed by atoms with Crippen LogP contribution < -0.4 is 0 Å². The summed E-state index contributed by atoms with van der Waals surface area (Å²) in [5.41, 5.74) is 1.73. The van der Waals surface area contributed by atoms with Gasteiger partial charge in [-0.3, -0.25) is 14.6 Å². The Labute approximate surface area is 187 Å². The lowest BCUT2D eigenvalue weighted by molar-refractivity contribution is -0.138. The van der Waals surface area contributed by atoms with E-state index in [2.05, 4.69) is 0 Å². The molecular weight excluding hydrogens is 416 g/mol. The largest absolute Gasteiger partial charge is 0.445 e. The third-order valence-electron chi connectivity index (χ3n) is 6.62. The van der Waals surface area contributed by atoms with Crippen molar-refractivity contribution in [3.05, 3.63) is 47.7 Å². The number of alkyl halides is 2. The second-order valence-electron chi connectivity index (χ2n) is 9.02. The van der Waals surface area contributed by atoms with E-state index in [9.17, 15) is 18.4 Å². The van der Waals surface area contributed by atoms with Crippen molar-refractivity contribution in [2.45, 2.75) is 63.6 Å². The Hall–Kier alpha value is -2.48. The Kier molecular flexibility index (Phi) is 6.79. The van der Waals surface area contributed by atoms with Gasteiger partial charge in [-0.15, -0.1) is 0 Å². The van der Waals surface area contributed by atoms with Gasteiger partial charge < -0.3 is 9.64 Å². The Bertz CT molecular complexity index is 861. The summed E-state index contributed by atoms with van der Waals surface area (Å²) in [7, 11) is 0. The van der Waals surface area contributed by atoms with E-state index >= 15 is 0 Å². The molecule has 0 spiro atoms. The fraction of sp³-hybridized carbons (Fsp3) is 0.583. The minimum absolute atomic E-state index is 0.0240. The standard InChI is InChI=1S/C24H31F2N3O3/c1-18-22(30)29-20(9-5-13-27-14-6-12-24(25,26)17-27)10-11-21(29)15-28(18)23(31)32-16-19-7-3-2-4-8-19/h2-4,7-8,11,18,20H,5-6,9-10,12-17H2,1H3/t18-,20-/m0/s1. The Balaban J connectivity index is 1.28. The molecule has 3 heterocycles. The molecule has 0 radical (unpaired) electrons. The maximum atomic E-state index is 13.6. The summed E-state index contributed by atoms with van der Waals surface area (Å²) in [6.07, 6.45) is 4.29. The molecule has 1 aromatic carbocycles. The van der Waals surface area contributed by atoms with E-state index in [-0.39, 0.29) is 31.5 Å². The van der Waals surface area contributed by atoms with E-state index in [4.69, 9.17) is 4.74 Å². The molecule has 0 unspecified atom stereocenters. The van der Waals surface area contributed by atoms with E-state index in [1.54, 1.807) is 6.92 Å². The number of ether oxygens (including phenoxy) is 1. The lowest BCUT2D eigenvalue weighted by Gasteiger charge is -2.41. The van der Waals surface area contributed by atoms with Crippen molar-refractivity contribution in [1.82, 2.24) is 14.7 Å². The quantitative estimate of drug-likeness (QED) is 0.661. The van der Waals surface area contributed by atoms with Crippen molar-refractivity contribution >= 4 is 12.0 Å². The minimum atomic E-state index is -2.59. The number of benzene rings is 1. The summed E-state index contributed by atoms with van der Waals surface area (Å²) in [6, 6.07) is 8.87. The minimum Gasteiger partial charge on any atom is -0.445 e. The second-order valence-corrected chi connectivity index (χ2v) is 9.02. The zero-order chi connectivity index (χ0) is 22.7. The number of hydrogen-bond acceptors (Lipinski definition) is 4. The van der Waals surface area contributed by atoms with Crippen molar-refractivity contribution in [1.29, 1.82) is 0 Å². The van der Waals surface area contributed by atoms with Crippen molar-refractivity contribution < 1.29 is 23.1 Å². The van der Waals surface area contributed by atoms with Crippen LogP contribution in [0.25, 0.3) is 0 Å². The molecule has 8 heteroatoms. The normalized spacial score (nSPS) is 25.5. The molecule has 2 atom stereocenters. The van der Waals surface area contributed by atoms with Gasteiger partial charge in [-0.25, -0.2) is 13.6 Å². The van der Waals surface area contributed by atoms with Crippen LogP contribution in [0.3, 0.4) is 0 Å². The number of hydrogen-bond donors (Lipinski definition) is 0. The number of carbonyl (C=O) groups excluding carboxylic acids is 2. The van der Waals surface area contributed by atoms with E-state index in [0.29, 0.717) is 26.1 Å². The van der Waals surface area contributed by atoms with Crippen molar-refractivity contribution in [3.63, 3.8) is 0 Å². The third-order valence-corrected chi connectivity index (χ3v) is 6.62. The second kappa shape index (κ2) is 9.57. The molecular formula is C24H31F2N3O3.